The summed E-state index contributed by atoms with van der Waals surface area (Å²) in [5, 5.41) is 3.38. The van der Waals surface area contributed by atoms with Crippen molar-refractivity contribution >= 4 is 11.9 Å². The summed E-state index contributed by atoms with van der Waals surface area (Å²) >= 11 is 0. The zero-order valence-corrected chi connectivity index (χ0v) is 16.7. The number of unbranched alkanes of at least 4 members (excludes halogenated alkanes) is 1. The van der Waals surface area contributed by atoms with Crippen molar-refractivity contribution in [1.82, 2.24) is 14.8 Å². The van der Waals surface area contributed by atoms with E-state index in [0.29, 0.717) is 13.2 Å². The van der Waals surface area contributed by atoms with Crippen LogP contribution in [0, 0.1) is 12.8 Å². The van der Waals surface area contributed by atoms with Gasteiger partial charge in [-0.25, -0.2) is 0 Å². The highest BCUT2D eigenvalue weighted by atomic mass is 16.5. The number of carbonyl (C=O) groups excluding carboxylic acids is 1. The molecule has 1 saturated heterocycles. The number of aryl methyl sites for hydroxylation is 1. The molecule has 1 N–H and O–H groups in total. The third-order valence-electron chi connectivity index (χ3n) is 4.91. The van der Waals surface area contributed by atoms with E-state index >= 15 is 0 Å². The third-order valence-corrected chi connectivity index (χ3v) is 4.91. The molecule has 1 atom stereocenters. The number of aliphatic imine (C=N–C) groups is 1. The molecule has 2 heterocycles. The number of piperidine rings is 1. The fourth-order valence-electron chi connectivity index (χ4n) is 3.46. The number of nitrogens with one attached hydrogen (secondary N) is 1. The second-order valence-corrected chi connectivity index (χ2v) is 6.88. The molecule has 7 nitrogen and oxygen atoms in total. The second kappa shape index (κ2) is 10.7. The van der Waals surface area contributed by atoms with Crippen LogP contribution in [0.2, 0.25) is 0 Å². The van der Waals surface area contributed by atoms with E-state index in [0.717, 1.165) is 57.0 Å². The first kappa shape index (κ1) is 21.0. The Morgan fingerprint density at radius 2 is 2.19 bits per heavy atom. The average molecular weight is 377 g/mol. The summed E-state index contributed by atoms with van der Waals surface area (Å²) in [7, 11) is 1.77. The number of hydrogen-bond donors (Lipinski definition) is 1. The number of carbonyl (C=O) groups is 1. The molecule has 27 heavy (non-hydrogen) atoms. The highest BCUT2D eigenvalue weighted by molar-refractivity contribution is 5.81. The Hall–Kier alpha value is -2.31. The van der Waals surface area contributed by atoms with E-state index in [4.69, 9.17) is 4.74 Å². The van der Waals surface area contributed by atoms with Crippen LogP contribution in [0.15, 0.2) is 28.0 Å². The van der Waals surface area contributed by atoms with Crippen LogP contribution < -0.4 is 10.9 Å². The quantitative estimate of drug-likeness (QED) is 0.340. The van der Waals surface area contributed by atoms with Crippen molar-refractivity contribution in [3.8, 4) is 0 Å². The normalized spacial score (nSPS) is 17.7. The molecular formula is C20H32N4O3. The van der Waals surface area contributed by atoms with E-state index in [9.17, 15) is 9.59 Å². The molecule has 1 unspecified atom stereocenters. The fourth-order valence-corrected chi connectivity index (χ4v) is 3.46. The van der Waals surface area contributed by atoms with Gasteiger partial charge in [0.25, 0.3) is 5.56 Å². The number of guanidine groups is 1. The molecule has 0 bridgehead atoms. The fraction of sp³-hybridized carbons (Fsp3) is 0.650. The van der Waals surface area contributed by atoms with Crippen molar-refractivity contribution in [2.45, 2.75) is 46.1 Å². The Kier molecular flexibility index (Phi) is 8.36. The molecule has 7 heteroatoms. The minimum atomic E-state index is -0.110. The summed E-state index contributed by atoms with van der Waals surface area (Å²) < 4.78 is 6.97. The smallest absolute Gasteiger partial charge is 0.310 e. The second-order valence-electron chi connectivity index (χ2n) is 6.88. The van der Waals surface area contributed by atoms with Crippen molar-refractivity contribution in [1.29, 1.82) is 0 Å². The van der Waals surface area contributed by atoms with Crippen LogP contribution in [0.5, 0.6) is 0 Å². The average Bonchev–Trinajstić information content (AvgIpc) is 2.67. The van der Waals surface area contributed by atoms with Crippen molar-refractivity contribution in [2.75, 3.05) is 33.3 Å². The molecule has 0 amide bonds. The molecule has 2 rings (SSSR count). The van der Waals surface area contributed by atoms with Crippen LogP contribution in [0.4, 0.5) is 0 Å². The predicted molar refractivity (Wildman–Crippen MR) is 107 cm³/mol. The number of ether oxygens (including phenoxy) is 1. The van der Waals surface area contributed by atoms with Crippen LogP contribution in [0.3, 0.4) is 0 Å². The number of pyridine rings is 1. The Balaban J connectivity index is 1.77. The van der Waals surface area contributed by atoms with Crippen LogP contribution in [0.25, 0.3) is 0 Å². The molecule has 0 radical (unpaired) electrons. The number of esters is 1. The largest absolute Gasteiger partial charge is 0.466 e. The maximum Gasteiger partial charge on any atom is 0.310 e. The summed E-state index contributed by atoms with van der Waals surface area (Å²) in [6, 6.07) is 5.35. The number of likely N-dealkylation sites (tertiary alicyclic amines) is 1. The maximum absolute atomic E-state index is 12.0. The lowest BCUT2D eigenvalue weighted by Gasteiger charge is -2.34. The predicted octanol–water partition coefficient (Wildman–Crippen LogP) is 1.79. The molecule has 0 saturated carbocycles. The number of hydrogen-bond acceptors (Lipinski definition) is 4. The number of aromatic nitrogens is 1. The summed E-state index contributed by atoms with van der Waals surface area (Å²) in [6.07, 6.45) is 3.69. The molecule has 1 fully saturated rings. The molecule has 1 aliphatic rings. The van der Waals surface area contributed by atoms with E-state index < -0.39 is 0 Å². The lowest BCUT2D eigenvalue weighted by molar-refractivity contribution is -0.149. The molecule has 1 aliphatic heterocycles. The van der Waals surface area contributed by atoms with Gasteiger partial charge in [-0.05, 0) is 45.6 Å². The third kappa shape index (κ3) is 6.12. The Labute approximate surface area is 161 Å². The highest BCUT2D eigenvalue weighted by Crippen LogP contribution is 2.18. The van der Waals surface area contributed by atoms with Crippen molar-refractivity contribution in [2.24, 2.45) is 10.9 Å². The standard InChI is InChI=1S/C20H32N4O3/c1-4-27-19(26)17-10-8-13-23(15-17)20(21-3)22-12-5-6-14-24-16(2)9-7-11-18(24)25/h7,9,11,17H,4-6,8,10,12-15H2,1-3H3,(H,21,22). The molecule has 0 aromatic carbocycles. The van der Waals surface area contributed by atoms with Crippen molar-refractivity contribution in [3.05, 3.63) is 34.2 Å². The zero-order valence-electron chi connectivity index (χ0n) is 16.7. The molecular weight excluding hydrogens is 344 g/mol. The summed E-state index contributed by atoms with van der Waals surface area (Å²) in [6.45, 7) is 7.27. The Morgan fingerprint density at radius 3 is 2.89 bits per heavy atom. The molecule has 0 aliphatic carbocycles. The maximum atomic E-state index is 12.0. The first-order valence-electron chi connectivity index (χ1n) is 9.85. The van der Waals surface area contributed by atoms with Crippen LogP contribution >= 0.6 is 0 Å². The van der Waals surface area contributed by atoms with Gasteiger partial charge in [-0.1, -0.05) is 6.07 Å². The van der Waals surface area contributed by atoms with Gasteiger partial charge >= 0.3 is 5.97 Å². The van der Waals surface area contributed by atoms with Gasteiger partial charge < -0.3 is 19.5 Å². The van der Waals surface area contributed by atoms with E-state index in [1.54, 1.807) is 19.2 Å². The van der Waals surface area contributed by atoms with Gasteiger partial charge in [-0.15, -0.1) is 0 Å². The van der Waals surface area contributed by atoms with Crippen molar-refractivity contribution < 1.29 is 9.53 Å². The summed E-state index contributed by atoms with van der Waals surface area (Å²) in [5.41, 5.74) is 1.04. The van der Waals surface area contributed by atoms with Crippen molar-refractivity contribution in [3.63, 3.8) is 0 Å². The van der Waals surface area contributed by atoms with Gasteiger partial charge in [0.1, 0.15) is 0 Å². The Bertz CT molecular complexity index is 699. The zero-order chi connectivity index (χ0) is 19.6. The summed E-state index contributed by atoms with van der Waals surface area (Å²) in [4.78, 5) is 30.4. The monoisotopic (exact) mass is 376 g/mol. The molecule has 1 aromatic heterocycles. The lowest BCUT2D eigenvalue weighted by Crippen LogP contribution is -2.48. The topological polar surface area (TPSA) is 75.9 Å². The molecule has 0 spiro atoms. The number of rotatable bonds is 7. The minimum Gasteiger partial charge on any atom is -0.466 e. The minimum absolute atomic E-state index is 0.0529. The van der Waals surface area contributed by atoms with E-state index in [1.165, 1.54) is 0 Å². The van der Waals surface area contributed by atoms with E-state index in [2.05, 4.69) is 15.2 Å². The van der Waals surface area contributed by atoms with Crippen LogP contribution in [-0.4, -0.2) is 54.7 Å². The lowest BCUT2D eigenvalue weighted by atomic mass is 9.98. The van der Waals surface area contributed by atoms with Gasteiger partial charge in [-0.3, -0.25) is 14.6 Å². The van der Waals surface area contributed by atoms with Crippen LogP contribution in [0.1, 0.15) is 38.3 Å². The summed E-state index contributed by atoms with van der Waals surface area (Å²) in [5.74, 6) is 0.642. The van der Waals surface area contributed by atoms with Gasteiger partial charge in [0.15, 0.2) is 5.96 Å². The van der Waals surface area contributed by atoms with Gasteiger partial charge in [-0.2, -0.15) is 0 Å². The van der Waals surface area contributed by atoms with Gasteiger partial charge in [0.05, 0.1) is 12.5 Å². The van der Waals surface area contributed by atoms with Gasteiger partial charge in [0.2, 0.25) is 0 Å². The van der Waals surface area contributed by atoms with E-state index in [-0.39, 0.29) is 17.4 Å². The first-order valence-corrected chi connectivity index (χ1v) is 9.85. The number of nitrogens with zero attached hydrogens (tertiary/aromatic N) is 3. The highest BCUT2D eigenvalue weighted by Gasteiger charge is 2.28. The molecule has 150 valence electrons. The van der Waals surface area contributed by atoms with E-state index in [1.807, 2.05) is 24.5 Å². The molecule has 1 aromatic rings. The Morgan fingerprint density at radius 1 is 1.37 bits per heavy atom. The van der Waals surface area contributed by atoms with Gasteiger partial charge in [0, 0.05) is 45.0 Å². The first-order chi connectivity index (χ1) is 13.1. The SMILES string of the molecule is CCOC(=O)C1CCCN(C(=NC)NCCCCn2c(C)cccc2=O)C1. The van der Waals surface area contributed by atoms with Crippen LogP contribution in [-0.2, 0) is 16.1 Å².